The first-order valence-electron chi connectivity index (χ1n) is 6.79. The summed E-state index contributed by atoms with van der Waals surface area (Å²) in [5, 5.41) is 11.4. The molecule has 1 aliphatic rings. The molecule has 0 saturated carbocycles. The van der Waals surface area contributed by atoms with E-state index in [1.807, 2.05) is 20.8 Å². The molecule has 2 rings (SSSR count). The summed E-state index contributed by atoms with van der Waals surface area (Å²) < 4.78 is 5.72. The van der Waals surface area contributed by atoms with E-state index < -0.39 is 4.92 Å². The molecule has 0 bridgehead atoms. The number of hydrogen-bond acceptors (Lipinski definition) is 4. The van der Waals surface area contributed by atoms with Crippen LogP contribution >= 0.6 is 11.6 Å². The van der Waals surface area contributed by atoms with Crippen molar-refractivity contribution in [1.29, 1.82) is 0 Å². The maximum absolute atomic E-state index is 10.9. The molecule has 2 atom stereocenters. The number of non-ortho nitro benzene ring substituents is 1. The molecular formula is C14H19ClN2O3. The van der Waals surface area contributed by atoms with Gasteiger partial charge in [-0.15, -0.1) is 0 Å². The van der Waals surface area contributed by atoms with Crippen LogP contribution in [0.4, 0.5) is 11.4 Å². The van der Waals surface area contributed by atoms with Crippen molar-refractivity contribution < 1.29 is 9.66 Å². The van der Waals surface area contributed by atoms with Crippen molar-refractivity contribution in [2.75, 3.05) is 18.0 Å². The van der Waals surface area contributed by atoms with Crippen molar-refractivity contribution in [3.8, 4) is 0 Å². The molecule has 0 aliphatic carbocycles. The Morgan fingerprint density at radius 2 is 2.00 bits per heavy atom. The van der Waals surface area contributed by atoms with Gasteiger partial charge < -0.3 is 9.64 Å². The number of morpholine rings is 1. The van der Waals surface area contributed by atoms with Gasteiger partial charge in [0.1, 0.15) is 0 Å². The molecule has 1 aromatic carbocycles. The Morgan fingerprint density at radius 1 is 1.40 bits per heavy atom. The summed E-state index contributed by atoms with van der Waals surface area (Å²) in [4.78, 5) is 12.7. The van der Waals surface area contributed by atoms with Crippen LogP contribution in [0.5, 0.6) is 0 Å². The van der Waals surface area contributed by atoms with Crippen LogP contribution in [-0.2, 0) is 11.2 Å². The summed E-state index contributed by atoms with van der Waals surface area (Å²) in [6, 6.07) is 3.05. The van der Waals surface area contributed by atoms with Crippen LogP contribution in [-0.4, -0.2) is 30.2 Å². The van der Waals surface area contributed by atoms with Gasteiger partial charge in [-0.05, 0) is 25.8 Å². The van der Waals surface area contributed by atoms with Crippen LogP contribution in [0.3, 0.4) is 0 Å². The fourth-order valence-corrected chi connectivity index (χ4v) is 3.08. The fraction of sp³-hybridized carbons (Fsp3) is 0.571. The number of hydrogen-bond donors (Lipinski definition) is 0. The van der Waals surface area contributed by atoms with Crippen molar-refractivity contribution in [3.63, 3.8) is 0 Å². The van der Waals surface area contributed by atoms with Gasteiger partial charge in [0.15, 0.2) is 0 Å². The van der Waals surface area contributed by atoms with Crippen LogP contribution in [0, 0.1) is 10.1 Å². The van der Waals surface area contributed by atoms with E-state index in [1.54, 1.807) is 6.07 Å². The zero-order valence-corrected chi connectivity index (χ0v) is 12.7. The summed E-state index contributed by atoms with van der Waals surface area (Å²) in [6.07, 6.45) is 0.945. The average Bonchev–Trinajstić information content (AvgIpc) is 2.36. The second-order valence-electron chi connectivity index (χ2n) is 5.21. The molecule has 1 saturated heterocycles. The topological polar surface area (TPSA) is 55.6 Å². The fourth-order valence-electron chi connectivity index (χ4n) is 2.73. The van der Waals surface area contributed by atoms with E-state index >= 15 is 0 Å². The SMILES string of the molecule is CCc1cc([N+](=O)[O-])cc(Cl)c1N1CC(C)OC(C)C1. The maximum atomic E-state index is 10.9. The lowest BCUT2D eigenvalue weighted by atomic mass is 10.1. The number of nitrogens with zero attached hydrogens (tertiary/aromatic N) is 2. The average molecular weight is 299 g/mol. The van der Waals surface area contributed by atoms with Gasteiger partial charge in [0.2, 0.25) is 0 Å². The number of rotatable bonds is 3. The lowest BCUT2D eigenvalue weighted by molar-refractivity contribution is -0.384. The van der Waals surface area contributed by atoms with Crippen LogP contribution in [0.15, 0.2) is 12.1 Å². The lowest BCUT2D eigenvalue weighted by Crippen LogP contribution is -2.46. The highest BCUT2D eigenvalue weighted by Crippen LogP contribution is 2.36. The highest BCUT2D eigenvalue weighted by molar-refractivity contribution is 6.33. The highest BCUT2D eigenvalue weighted by atomic mass is 35.5. The van der Waals surface area contributed by atoms with E-state index in [4.69, 9.17) is 16.3 Å². The lowest BCUT2D eigenvalue weighted by Gasteiger charge is -2.38. The molecule has 1 aromatic rings. The normalized spacial score (nSPS) is 22.9. The van der Waals surface area contributed by atoms with Gasteiger partial charge >= 0.3 is 0 Å². The van der Waals surface area contributed by atoms with Crippen LogP contribution in [0.1, 0.15) is 26.3 Å². The monoisotopic (exact) mass is 298 g/mol. The Bertz CT molecular complexity index is 511. The van der Waals surface area contributed by atoms with E-state index in [1.165, 1.54) is 6.07 Å². The van der Waals surface area contributed by atoms with E-state index in [9.17, 15) is 10.1 Å². The Labute approximate surface area is 123 Å². The second-order valence-corrected chi connectivity index (χ2v) is 5.62. The quantitative estimate of drug-likeness (QED) is 0.634. The zero-order chi connectivity index (χ0) is 14.9. The van der Waals surface area contributed by atoms with Crippen molar-refractivity contribution >= 4 is 23.0 Å². The van der Waals surface area contributed by atoms with Crippen molar-refractivity contribution in [1.82, 2.24) is 0 Å². The highest BCUT2D eigenvalue weighted by Gasteiger charge is 2.26. The smallest absolute Gasteiger partial charge is 0.271 e. The minimum Gasteiger partial charge on any atom is -0.372 e. The molecular weight excluding hydrogens is 280 g/mol. The number of nitro groups is 1. The van der Waals surface area contributed by atoms with E-state index in [0.717, 1.165) is 24.3 Å². The van der Waals surface area contributed by atoms with Crippen LogP contribution < -0.4 is 4.90 Å². The molecule has 0 spiro atoms. The summed E-state index contributed by atoms with van der Waals surface area (Å²) in [7, 11) is 0. The number of halogens is 1. The Hall–Kier alpha value is -1.33. The molecule has 1 heterocycles. The van der Waals surface area contributed by atoms with Gasteiger partial charge in [-0.25, -0.2) is 0 Å². The molecule has 0 amide bonds. The van der Waals surface area contributed by atoms with Crippen molar-refractivity contribution in [2.24, 2.45) is 0 Å². The Morgan fingerprint density at radius 3 is 2.50 bits per heavy atom. The number of ether oxygens (including phenoxy) is 1. The van der Waals surface area contributed by atoms with E-state index in [2.05, 4.69) is 4.90 Å². The minimum absolute atomic E-state index is 0.0463. The van der Waals surface area contributed by atoms with Crippen LogP contribution in [0.25, 0.3) is 0 Å². The molecule has 0 aromatic heterocycles. The number of nitro benzene ring substituents is 1. The van der Waals surface area contributed by atoms with Gasteiger partial charge in [-0.3, -0.25) is 10.1 Å². The van der Waals surface area contributed by atoms with Gasteiger partial charge in [0.25, 0.3) is 5.69 Å². The third-order valence-corrected chi connectivity index (χ3v) is 3.74. The second kappa shape index (κ2) is 5.97. The summed E-state index contributed by atoms with van der Waals surface area (Å²) in [5.41, 5.74) is 1.86. The largest absolute Gasteiger partial charge is 0.372 e. The van der Waals surface area contributed by atoms with Crippen LogP contribution in [0.2, 0.25) is 5.02 Å². The number of aryl methyl sites for hydroxylation is 1. The third kappa shape index (κ3) is 3.04. The molecule has 1 aliphatic heterocycles. The predicted octanol–water partition coefficient (Wildman–Crippen LogP) is 3.42. The predicted molar refractivity (Wildman–Crippen MR) is 79.7 cm³/mol. The zero-order valence-electron chi connectivity index (χ0n) is 11.9. The van der Waals surface area contributed by atoms with Gasteiger partial charge in [0, 0.05) is 25.2 Å². The Kier molecular flexibility index (Phi) is 4.50. The van der Waals surface area contributed by atoms with Gasteiger partial charge in [-0.2, -0.15) is 0 Å². The molecule has 6 heteroatoms. The van der Waals surface area contributed by atoms with E-state index in [0.29, 0.717) is 11.4 Å². The molecule has 0 radical (unpaired) electrons. The third-order valence-electron chi connectivity index (χ3n) is 3.45. The minimum atomic E-state index is -0.403. The van der Waals surface area contributed by atoms with E-state index in [-0.39, 0.29) is 17.9 Å². The summed E-state index contributed by atoms with van der Waals surface area (Å²) in [6.45, 7) is 7.51. The molecule has 5 nitrogen and oxygen atoms in total. The first-order chi connectivity index (χ1) is 9.42. The molecule has 110 valence electrons. The molecule has 20 heavy (non-hydrogen) atoms. The Balaban J connectivity index is 2.42. The first-order valence-corrected chi connectivity index (χ1v) is 7.17. The van der Waals surface area contributed by atoms with Gasteiger partial charge in [-0.1, -0.05) is 18.5 Å². The maximum Gasteiger partial charge on any atom is 0.271 e. The summed E-state index contributed by atoms with van der Waals surface area (Å²) >= 11 is 6.30. The van der Waals surface area contributed by atoms with Gasteiger partial charge in [0.05, 0.1) is 27.8 Å². The van der Waals surface area contributed by atoms with Crippen molar-refractivity contribution in [2.45, 2.75) is 39.4 Å². The summed E-state index contributed by atoms with van der Waals surface area (Å²) in [5.74, 6) is 0. The number of benzene rings is 1. The first kappa shape index (κ1) is 15.1. The number of anilines is 1. The molecule has 0 N–H and O–H groups in total. The molecule has 2 unspecified atom stereocenters. The standard InChI is InChI=1S/C14H19ClN2O3/c1-4-11-5-12(17(18)19)6-13(15)14(11)16-7-9(2)20-10(3)8-16/h5-6,9-10H,4,7-8H2,1-3H3. The van der Waals surface area contributed by atoms with Crippen molar-refractivity contribution in [3.05, 3.63) is 32.8 Å². The molecule has 1 fully saturated rings.